The van der Waals surface area contributed by atoms with Crippen molar-refractivity contribution in [1.82, 2.24) is 19.2 Å². The molecule has 1 amide bonds. The van der Waals surface area contributed by atoms with Crippen LogP contribution in [0, 0.1) is 6.92 Å². The van der Waals surface area contributed by atoms with Crippen LogP contribution in [0.1, 0.15) is 5.69 Å². The first-order valence-corrected chi connectivity index (χ1v) is 11.2. The van der Waals surface area contributed by atoms with Crippen molar-refractivity contribution in [2.24, 2.45) is 0 Å². The van der Waals surface area contributed by atoms with E-state index in [2.05, 4.69) is 14.8 Å². The zero-order valence-electron chi connectivity index (χ0n) is 16.7. The topological polar surface area (TPSA) is 99.2 Å². The van der Waals surface area contributed by atoms with E-state index < -0.39 is 10.0 Å². The SMILES string of the molecule is Cc1cc(N2CCN(C(=O)CN(C)S(C)(=O)=O)CC2)nc(N2CCOCC2)n1. The van der Waals surface area contributed by atoms with Gasteiger partial charge < -0.3 is 19.4 Å². The van der Waals surface area contributed by atoms with Crippen molar-refractivity contribution in [3.05, 3.63) is 11.8 Å². The number of aryl methyl sites for hydroxylation is 1. The number of aromatic nitrogens is 2. The minimum Gasteiger partial charge on any atom is -0.378 e. The molecular formula is C17H28N6O4S. The van der Waals surface area contributed by atoms with E-state index in [1.54, 1.807) is 4.90 Å². The lowest BCUT2D eigenvalue weighted by molar-refractivity contribution is -0.131. The third kappa shape index (κ3) is 5.09. The fourth-order valence-corrected chi connectivity index (χ4v) is 3.54. The van der Waals surface area contributed by atoms with E-state index in [0.29, 0.717) is 45.3 Å². The molecule has 1 aromatic rings. The Hall–Kier alpha value is -1.98. The number of piperazine rings is 1. The predicted octanol–water partition coefficient (Wildman–Crippen LogP) is -0.838. The smallest absolute Gasteiger partial charge is 0.238 e. The number of hydrogen-bond acceptors (Lipinski definition) is 8. The molecule has 11 heteroatoms. The van der Waals surface area contributed by atoms with Gasteiger partial charge in [0.05, 0.1) is 26.0 Å². The van der Waals surface area contributed by atoms with Gasteiger partial charge in [0.15, 0.2) is 0 Å². The first kappa shape index (κ1) is 20.7. The molecule has 0 aliphatic carbocycles. The molecule has 0 unspecified atom stereocenters. The van der Waals surface area contributed by atoms with E-state index in [-0.39, 0.29) is 12.5 Å². The van der Waals surface area contributed by atoms with Crippen molar-refractivity contribution in [1.29, 1.82) is 0 Å². The van der Waals surface area contributed by atoms with E-state index in [1.165, 1.54) is 7.05 Å². The van der Waals surface area contributed by atoms with Gasteiger partial charge in [0.25, 0.3) is 0 Å². The van der Waals surface area contributed by atoms with Crippen molar-refractivity contribution >= 4 is 27.7 Å². The Morgan fingerprint density at radius 3 is 2.36 bits per heavy atom. The highest BCUT2D eigenvalue weighted by Crippen LogP contribution is 2.20. The summed E-state index contributed by atoms with van der Waals surface area (Å²) >= 11 is 0. The summed E-state index contributed by atoms with van der Waals surface area (Å²) in [6, 6.07) is 1.96. The van der Waals surface area contributed by atoms with Crippen LogP contribution in [-0.2, 0) is 19.6 Å². The molecule has 0 aromatic carbocycles. The molecule has 0 spiro atoms. The number of carbonyl (C=O) groups excluding carboxylic acids is 1. The summed E-state index contributed by atoms with van der Waals surface area (Å²) in [5, 5.41) is 0. The van der Waals surface area contributed by atoms with Crippen LogP contribution >= 0.6 is 0 Å². The van der Waals surface area contributed by atoms with E-state index in [9.17, 15) is 13.2 Å². The standard InChI is InChI=1S/C17H28N6O4S/c1-14-12-15(19-17(18-14)23-8-10-27-11-9-23)21-4-6-22(7-5-21)16(24)13-20(2)28(3,25)26/h12H,4-11,13H2,1-3H3. The summed E-state index contributed by atoms with van der Waals surface area (Å²) in [5.74, 6) is 1.39. The van der Waals surface area contributed by atoms with Gasteiger partial charge in [-0.25, -0.2) is 13.4 Å². The van der Waals surface area contributed by atoms with E-state index >= 15 is 0 Å². The maximum atomic E-state index is 12.4. The van der Waals surface area contributed by atoms with Crippen molar-refractivity contribution in [2.45, 2.75) is 6.92 Å². The summed E-state index contributed by atoms with van der Waals surface area (Å²) in [4.78, 5) is 27.6. The molecule has 3 heterocycles. The summed E-state index contributed by atoms with van der Waals surface area (Å²) in [5.41, 5.74) is 0.903. The number of sulfonamides is 1. The molecular weight excluding hydrogens is 384 g/mol. The fraction of sp³-hybridized carbons (Fsp3) is 0.706. The lowest BCUT2D eigenvalue weighted by Gasteiger charge is -2.36. The first-order chi connectivity index (χ1) is 13.2. The van der Waals surface area contributed by atoms with Crippen molar-refractivity contribution in [3.63, 3.8) is 0 Å². The average Bonchev–Trinajstić information content (AvgIpc) is 2.67. The molecule has 1 aromatic heterocycles. The van der Waals surface area contributed by atoms with Gasteiger partial charge in [-0.3, -0.25) is 4.79 Å². The molecule has 0 N–H and O–H groups in total. The van der Waals surface area contributed by atoms with Crippen molar-refractivity contribution in [3.8, 4) is 0 Å². The minimum atomic E-state index is -3.37. The molecule has 2 fully saturated rings. The number of ether oxygens (including phenoxy) is 1. The summed E-state index contributed by atoms with van der Waals surface area (Å²) in [6.07, 6.45) is 1.10. The highest BCUT2D eigenvalue weighted by molar-refractivity contribution is 7.88. The number of hydrogen-bond donors (Lipinski definition) is 0. The lowest BCUT2D eigenvalue weighted by Crippen LogP contribution is -2.51. The summed E-state index contributed by atoms with van der Waals surface area (Å²) in [7, 11) is -1.95. The van der Waals surface area contributed by atoms with E-state index in [4.69, 9.17) is 9.72 Å². The largest absolute Gasteiger partial charge is 0.378 e. The summed E-state index contributed by atoms with van der Waals surface area (Å²) < 4.78 is 29.5. The van der Waals surface area contributed by atoms with Gasteiger partial charge in [-0.2, -0.15) is 9.29 Å². The fourth-order valence-electron chi connectivity index (χ4n) is 3.20. The average molecular weight is 413 g/mol. The van der Waals surface area contributed by atoms with E-state index in [1.807, 2.05) is 13.0 Å². The Morgan fingerprint density at radius 1 is 1.11 bits per heavy atom. The molecule has 0 radical (unpaired) electrons. The Kier molecular flexibility index (Phi) is 6.36. The first-order valence-electron chi connectivity index (χ1n) is 9.36. The molecule has 2 saturated heterocycles. The van der Waals surface area contributed by atoms with Crippen LogP contribution < -0.4 is 9.80 Å². The van der Waals surface area contributed by atoms with Crippen LogP contribution in [0.4, 0.5) is 11.8 Å². The molecule has 2 aliphatic rings. The van der Waals surface area contributed by atoms with Crippen LogP contribution in [0.25, 0.3) is 0 Å². The molecule has 0 saturated carbocycles. The molecule has 2 aliphatic heterocycles. The Balaban J connectivity index is 1.61. The van der Waals surface area contributed by atoms with Crippen molar-refractivity contribution in [2.75, 3.05) is 82.1 Å². The van der Waals surface area contributed by atoms with Gasteiger partial charge in [-0.1, -0.05) is 0 Å². The second-order valence-electron chi connectivity index (χ2n) is 7.15. The number of morpholine rings is 1. The number of anilines is 2. The van der Waals surface area contributed by atoms with Gasteiger partial charge >= 0.3 is 0 Å². The van der Waals surface area contributed by atoms with Gasteiger partial charge in [0.1, 0.15) is 5.82 Å². The second kappa shape index (κ2) is 8.58. The number of likely N-dealkylation sites (N-methyl/N-ethyl adjacent to an activating group) is 1. The third-order valence-corrected chi connectivity index (χ3v) is 6.26. The minimum absolute atomic E-state index is 0.132. The van der Waals surface area contributed by atoms with E-state index in [0.717, 1.165) is 35.2 Å². The predicted molar refractivity (Wildman–Crippen MR) is 106 cm³/mol. The Morgan fingerprint density at radius 2 is 1.75 bits per heavy atom. The molecule has 156 valence electrons. The van der Waals surface area contributed by atoms with Crippen LogP contribution in [0.5, 0.6) is 0 Å². The van der Waals surface area contributed by atoms with Crippen LogP contribution in [0.15, 0.2) is 6.07 Å². The maximum Gasteiger partial charge on any atom is 0.238 e. The van der Waals surface area contributed by atoms with Gasteiger partial charge in [-0.15, -0.1) is 0 Å². The number of amides is 1. The highest BCUT2D eigenvalue weighted by atomic mass is 32.2. The van der Waals surface area contributed by atoms with Crippen LogP contribution in [-0.4, -0.2) is 106 Å². The molecule has 3 rings (SSSR count). The number of carbonyl (C=O) groups is 1. The van der Waals surface area contributed by atoms with Gasteiger partial charge in [0, 0.05) is 58.1 Å². The Bertz CT molecular complexity index is 804. The normalized spacial score (nSPS) is 18.6. The maximum absolute atomic E-state index is 12.4. The van der Waals surface area contributed by atoms with Gasteiger partial charge in [0.2, 0.25) is 21.9 Å². The van der Waals surface area contributed by atoms with Crippen molar-refractivity contribution < 1.29 is 17.9 Å². The summed E-state index contributed by atoms with van der Waals surface area (Å²) in [6.45, 7) is 7.09. The molecule has 28 heavy (non-hydrogen) atoms. The van der Waals surface area contributed by atoms with Crippen LogP contribution in [0.3, 0.4) is 0 Å². The number of rotatable bonds is 5. The lowest BCUT2D eigenvalue weighted by atomic mass is 10.3. The molecule has 0 bridgehead atoms. The zero-order valence-corrected chi connectivity index (χ0v) is 17.5. The highest BCUT2D eigenvalue weighted by Gasteiger charge is 2.25. The molecule has 0 atom stereocenters. The number of nitrogens with zero attached hydrogens (tertiary/aromatic N) is 6. The second-order valence-corrected chi connectivity index (χ2v) is 9.24. The molecule has 10 nitrogen and oxygen atoms in total. The Labute approximate surface area is 166 Å². The zero-order chi connectivity index (χ0) is 20.3. The van der Waals surface area contributed by atoms with Gasteiger partial charge in [-0.05, 0) is 6.92 Å². The quantitative estimate of drug-likeness (QED) is 0.617. The monoisotopic (exact) mass is 412 g/mol. The third-order valence-electron chi connectivity index (χ3n) is 5.00. The van der Waals surface area contributed by atoms with Crippen LogP contribution in [0.2, 0.25) is 0 Å².